The fraction of sp³-hybridized carbons (Fsp3) is 0.350. The lowest BCUT2D eigenvalue weighted by Crippen LogP contribution is -2.11. The zero-order valence-electron chi connectivity index (χ0n) is 15.7. The molecule has 0 atom stereocenters. The number of fused-ring (bicyclic) bond motifs is 1. The molecule has 26 heavy (non-hydrogen) atoms. The van der Waals surface area contributed by atoms with Crippen LogP contribution in [0.4, 0.5) is 11.5 Å². The molecule has 5 nitrogen and oxygen atoms in total. The number of nitrogens with zero attached hydrogens (tertiary/aromatic N) is 2. The minimum atomic E-state index is -0.309. The Morgan fingerprint density at radius 3 is 2.73 bits per heavy atom. The van der Waals surface area contributed by atoms with E-state index in [1.165, 1.54) is 23.2 Å². The third-order valence-electron chi connectivity index (χ3n) is 4.24. The van der Waals surface area contributed by atoms with E-state index in [-0.39, 0.29) is 12.1 Å². The molecule has 0 amide bonds. The molecule has 0 bridgehead atoms. The fourth-order valence-corrected chi connectivity index (χ4v) is 3.98. The van der Waals surface area contributed by atoms with E-state index in [4.69, 9.17) is 4.74 Å². The maximum Gasteiger partial charge on any atom is 0.348 e. The predicted molar refractivity (Wildman–Crippen MR) is 107 cm³/mol. The molecule has 0 aliphatic heterocycles. The SMILES string of the molecule is CCc1cccc(C)c1Nc1ncnc2sc(C(=O)OC(C)C)c(C)c12. The van der Waals surface area contributed by atoms with Crippen molar-refractivity contribution in [1.82, 2.24) is 9.97 Å². The summed E-state index contributed by atoms with van der Waals surface area (Å²) >= 11 is 1.35. The molecule has 2 heterocycles. The number of ether oxygens (including phenoxy) is 1. The standard InChI is InChI=1S/C20H23N3O2S/c1-6-14-9-7-8-12(4)16(14)23-18-15-13(5)17(20(24)25-11(2)3)26-19(15)22-10-21-18/h7-11H,6H2,1-5H3,(H,21,22,23). The molecule has 0 saturated carbocycles. The lowest BCUT2D eigenvalue weighted by Gasteiger charge is -2.14. The van der Waals surface area contributed by atoms with Crippen LogP contribution in [-0.2, 0) is 11.2 Å². The molecule has 0 spiro atoms. The number of para-hydroxylation sites is 1. The molecule has 0 fully saturated rings. The summed E-state index contributed by atoms with van der Waals surface area (Å²) in [4.78, 5) is 22.5. The van der Waals surface area contributed by atoms with E-state index >= 15 is 0 Å². The van der Waals surface area contributed by atoms with E-state index in [0.29, 0.717) is 4.88 Å². The van der Waals surface area contributed by atoms with E-state index in [1.807, 2.05) is 20.8 Å². The second-order valence-corrected chi connectivity index (χ2v) is 7.50. The lowest BCUT2D eigenvalue weighted by molar-refractivity contribution is 0.0383. The maximum absolute atomic E-state index is 12.4. The second kappa shape index (κ2) is 7.41. The molecule has 3 rings (SSSR count). The van der Waals surface area contributed by atoms with Gasteiger partial charge < -0.3 is 10.1 Å². The molecular formula is C20H23N3O2S. The Bertz CT molecular complexity index is 963. The highest BCUT2D eigenvalue weighted by Gasteiger charge is 2.21. The smallest absolute Gasteiger partial charge is 0.348 e. The summed E-state index contributed by atoms with van der Waals surface area (Å²) in [6.45, 7) is 9.82. The topological polar surface area (TPSA) is 64.1 Å². The third-order valence-corrected chi connectivity index (χ3v) is 5.42. The maximum atomic E-state index is 12.4. The number of carbonyl (C=O) groups excluding carboxylic acids is 1. The molecule has 0 aliphatic carbocycles. The van der Waals surface area contributed by atoms with Gasteiger partial charge in [0.1, 0.15) is 21.9 Å². The number of anilines is 2. The Morgan fingerprint density at radius 2 is 2.04 bits per heavy atom. The van der Waals surface area contributed by atoms with Gasteiger partial charge in [-0.15, -0.1) is 11.3 Å². The van der Waals surface area contributed by atoms with Gasteiger partial charge in [-0.25, -0.2) is 14.8 Å². The molecule has 2 aromatic heterocycles. The number of carbonyl (C=O) groups is 1. The van der Waals surface area contributed by atoms with Crippen molar-refractivity contribution in [3.8, 4) is 0 Å². The zero-order chi connectivity index (χ0) is 18.8. The minimum absolute atomic E-state index is 0.158. The van der Waals surface area contributed by atoms with E-state index < -0.39 is 0 Å². The van der Waals surface area contributed by atoms with Crippen LogP contribution in [0.1, 0.15) is 47.1 Å². The normalized spacial score (nSPS) is 11.2. The Hall–Kier alpha value is -2.47. The molecule has 136 valence electrons. The summed E-state index contributed by atoms with van der Waals surface area (Å²) in [6, 6.07) is 6.25. The summed E-state index contributed by atoms with van der Waals surface area (Å²) in [7, 11) is 0. The molecule has 0 aliphatic rings. The molecule has 1 N–H and O–H groups in total. The van der Waals surface area contributed by atoms with Crippen LogP contribution in [0.15, 0.2) is 24.5 Å². The van der Waals surface area contributed by atoms with Gasteiger partial charge in [0.2, 0.25) is 0 Å². The molecular weight excluding hydrogens is 346 g/mol. The van der Waals surface area contributed by atoms with Crippen molar-refractivity contribution in [2.24, 2.45) is 0 Å². The number of hydrogen-bond donors (Lipinski definition) is 1. The zero-order valence-corrected chi connectivity index (χ0v) is 16.5. The largest absolute Gasteiger partial charge is 0.459 e. The van der Waals surface area contributed by atoms with Gasteiger partial charge in [-0.1, -0.05) is 25.1 Å². The summed E-state index contributed by atoms with van der Waals surface area (Å²) in [5.74, 6) is 0.410. The number of aromatic nitrogens is 2. The van der Waals surface area contributed by atoms with Crippen LogP contribution >= 0.6 is 11.3 Å². The first kappa shape index (κ1) is 18.3. The summed E-state index contributed by atoms with van der Waals surface area (Å²) < 4.78 is 5.36. The van der Waals surface area contributed by atoms with Gasteiger partial charge in [-0.3, -0.25) is 0 Å². The van der Waals surface area contributed by atoms with Gasteiger partial charge >= 0.3 is 5.97 Å². The Labute approximate surface area is 157 Å². The first-order chi connectivity index (χ1) is 12.4. The van der Waals surface area contributed by atoms with Crippen LogP contribution in [0.5, 0.6) is 0 Å². The number of aryl methyl sites for hydroxylation is 3. The highest BCUT2D eigenvalue weighted by Crippen LogP contribution is 2.36. The Kier molecular flexibility index (Phi) is 5.23. The molecule has 3 aromatic rings. The molecule has 6 heteroatoms. The molecule has 0 unspecified atom stereocenters. The number of hydrogen-bond acceptors (Lipinski definition) is 6. The van der Waals surface area contributed by atoms with E-state index in [2.05, 4.69) is 47.3 Å². The van der Waals surface area contributed by atoms with Crippen molar-refractivity contribution >= 4 is 39.0 Å². The molecule has 0 saturated heterocycles. The quantitative estimate of drug-likeness (QED) is 0.628. The molecule has 1 aromatic carbocycles. The van der Waals surface area contributed by atoms with Crippen molar-refractivity contribution < 1.29 is 9.53 Å². The van der Waals surface area contributed by atoms with Crippen LogP contribution in [0.25, 0.3) is 10.2 Å². The van der Waals surface area contributed by atoms with Crippen LogP contribution in [0.2, 0.25) is 0 Å². The van der Waals surface area contributed by atoms with Crippen molar-refractivity contribution in [2.75, 3.05) is 5.32 Å². The predicted octanol–water partition coefficient (Wildman–Crippen LogP) is 5.18. The number of nitrogens with one attached hydrogen (secondary N) is 1. The van der Waals surface area contributed by atoms with Crippen LogP contribution < -0.4 is 5.32 Å². The number of benzene rings is 1. The van der Waals surface area contributed by atoms with Gasteiger partial charge in [0.05, 0.1) is 11.5 Å². The third kappa shape index (κ3) is 3.42. The number of rotatable bonds is 5. The Morgan fingerprint density at radius 1 is 1.27 bits per heavy atom. The summed E-state index contributed by atoms with van der Waals surface area (Å²) in [5, 5.41) is 4.35. The van der Waals surface area contributed by atoms with Crippen LogP contribution in [0.3, 0.4) is 0 Å². The first-order valence-corrected chi connectivity index (χ1v) is 9.54. The Balaban J connectivity index is 2.08. The average Bonchev–Trinajstić information content (AvgIpc) is 2.94. The number of thiophene rings is 1. The summed E-state index contributed by atoms with van der Waals surface area (Å²) in [6.07, 6.45) is 2.30. The highest BCUT2D eigenvalue weighted by molar-refractivity contribution is 7.20. The van der Waals surface area contributed by atoms with E-state index in [0.717, 1.165) is 39.3 Å². The van der Waals surface area contributed by atoms with Gasteiger partial charge in [0.25, 0.3) is 0 Å². The molecule has 0 radical (unpaired) electrons. The highest BCUT2D eigenvalue weighted by atomic mass is 32.1. The average molecular weight is 369 g/mol. The number of esters is 1. The van der Waals surface area contributed by atoms with Gasteiger partial charge in [0, 0.05) is 5.69 Å². The van der Waals surface area contributed by atoms with Gasteiger partial charge in [0.15, 0.2) is 0 Å². The van der Waals surface area contributed by atoms with Crippen molar-refractivity contribution in [1.29, 1.82) is 0 Å². The van der Waals surface area contributed by atoms with Crippen LogP contribution in [0, 0.1) is 13.8 Å². The van der Waals surface area contributed by atoms with E-state index in [9.17, 15) is 4.79 Å². The van der Waals surface area contributed by atoms with Crippen molar-refractivity contribution in [3.05, 3.63) is 46.1 Å². The lowest BCUT2D eigenvalue weighted by atomic mass is 10.1. The van der Waals surface area contributed by atoms with Gasteiger partial charge in [-0.2, -0.15) is 0 Å². The van der Waals surface area contributed by atoms with Crippen molar-refractivity contribution in [3.63, 3.8) is 0 Å². The van der Waals surface area contributed by atoms with Crippen LogP contribution in [-0.4, -0.2) is 22.0 Å². The minimum Gasteiger partial charge on any atom is -0.459 e. The monoisotopic (exact) mass is 369 g/mol. The van der Waals surface area contributed by atoms with Crippen molar-refractivity contribution in [2.45, 2.75) is 47.1 Å². The van der Waals surface area contributed by atoms with E-state index in [1.54, 1.807) is 0 Å². The fourth-order valence-electron chi connectivity index (χ4n) is 2.95. The second-order valence-electron chi connectivity index (χ2n) is 6.50. The first-order valence-electron chi connectivity index (χ1n) is 8.73. The summed E-state index contributed by atoms with van der Waals surface area (Å²) in [5.41, 5.74) is 4.30. The van der Waals surface area contributed by atoms with Gasteiger partial charge in [-0.05, 0) is 50.8 Å².